The molecule has 1 heterocycles. The normalized spacial score (nSPS) is 10.8. The summed E-state index contributed by atoms with van der Waals surface area (Å²) in [6.07, 6.45) is 2.82. The van der Waals surface area contributed by atoms with Gasteiger partial charge in [0.25, 0.3) is 0 Å². The average Bonchev–Trinajstić information content (AvgIpc) is 2.78. The molecule has 1 N–H and O–H groups in total. The van der Waals surface area contributed by atoms with E-state index in [1.165, 1.54) is 10.7 Å². The molecule has 0 bridgehead atoms. The van der Waals surface area contributed by atoms with Crippen molar-refractivity contribution in [3.05, 3.63) is 47.0 Å². The van der Waals surface area contributed by atoms with Crippen LogP contribution in [0.25, 0.3) is 5.69 Å². The maximum atomic E-state index is 13.7. The second-order valence-corrected chi connectivity index (χ2v) is 4.46. The molecule has 0 saturated heterocycles. The average molecular weight is 268 g/mol. The van der Waals surface area contributed by atoms with Crippen LogP contribution in [0.3, 0.4) is 0 Å². The van der Waals surface area contributed by atoms with Crippen LogP contribution in [-0.2, 0) is 6.54 Å². The third-order valence-corrected chi connectivity index (χ3v) is 2.77. The highest BCUT2D eigenvalue weighted by atomic mass is 35.5. The van der Waals surface area contributed by atoms with Crippen molar-refractivity contribution in [3.63, 3.8) is 0 Å². The molecule has 0 fully saturated rings. The fraction of sp³-hybridized carbons (Fsp3) is 0.308. The number of hydrogen-bond donors (Lipinski definition) is 1. The van der Waals surface area contributed by atoms with Crippen LogP contribution < -0.4 is 5.32 Å². The number of hydrogen-bond acceptors (Lipinski definition) is 2. The van der Waals surface area contributed by atoms with Crippen LogP contribution >= 0.6 is 11.6 Å². The third kappa shape index (κ3) is 3.09. The Morgan fingerprint density at radius 3 is 2.94 bits per heavy atom. The van der Waals surface area contributed by atoms with Gasteiger partial charge in [0.15, 0.2) is 0 Å². The van der Waals surface area contributed by atoms with E-state index >= 15 is 0 Å². The van der Waals surface area contributed by atoms with E-state index in [4.69, 9.17) is 11.6 Å². The largest absolute Gasteiger partial charge is 0.311 e. The SMILES string of the molecule is CCCNCc1ccn(-c2ccc(Cl)cc2F)n1. The smallest absolute Gasteiger partial charge is 0.150 e. The van der Waals surface area contributed by atoms with Crippen molar-refractivity contribution in [3.8, 4) is 5.69 Å². The van der Waals surface area contributed by atoms with Gasteiger partial charge < -0.3 is 5.32 Å². The Balaban J connectivity index is 2.13. The molecule has 3 nitrogen and oxygen atoms in total. The molecule has 96 valence electrons. The van der Waals surface area contributed by atoms with Crippen molar-refractivity contribution < 1.29 is 4.39 Å². The van der Waals surface area contributed by atoms with Crippen LogP contribution in [0.1, 0.15) is 19.0 Å². The van der Waals surface area contributed by atoms with Crippen molar-refractivity contribution in [1.82, 2.24) is 15.1 Å². The van der Waals surface area contributed by atoms with Gasteiger partial charge in [-0.15, -0.1) is 0 Å². The predicted molar refractivity (Wildman–Crippen MR) is 70.5 cm³/mol. The minimum Gasteiger partial charge on any atom is -0.311 e. The molecule has 0 radical (unpaired) electrons. The fourth-order valence-corrected chi connectivity index (χ4v) is 1.81. The molecule has 0 aliphatic carbocycles. The van der Waals surface area contributed by atoms with E-state index in [9.17, 15) is 4.39 Å². The van der Waals surface area contributed by atoms with Gasteiger partial charge in [-0.2, -0.15) is 5.10 Å². The Bertz CT molecular complexity index is 525. The maximum absolute atomic E-state index is 13.7. The summed E-state index contributed by atoms with van der Waals surface area (Å²) in [5.74, 6) is -0.376. The molecule has 2 aromatic rings. The van der Waals surface area contributed by atoms with Crippen LogP contribution in [0.2, 0.25) is 5.02 Å². The highest BCUT2D eigenvalue weighted by molar-refractivity contribution is 6.30. The van der Waals surface area contributed by atoms with E-state index in [2.05, 4.69) is 17.3 Å². The first kappa shape index (κ1) is 13.1. The van der Waals surface area contributed by atoms with Crippen LogP contribution in [0.4, 0.5) is 4.39 Å². The molecule has 0 amide bonds. The van der Waals surface area contributed by atoms with E-state index in [0.717, 1.165) is 18.7 Å². The Kier molecular flexibility index (Phi) is 4.33. The standard InChI is InChI=1S/C13H15ClFN3/c1-2-6-16-9-11-5-7-18(17-11)13-4-3-10(14)8-12(13)15/h3-5,7-8,16H,2,6,9H2,1H3. The molecule has 0 spiro atoms. The Morgan fingerprint density at radius 1 is 1.39 bits per heavy atom. The van der Waals surface area contributed by atoms with Crippen molar-refractivity contribution in [1.29, 1.82) is 0 Å². The first-order valence-corrected chi connectivity index (χ1v) is 6.29. The molecule has 0 saturated carbocycles. The molecular weight excluding hydrogens is 253 g/mol. The van der Waals surface area contributed by atoms with Gasteiger partial charge in [-0.1, -0.05) is 18.5 Å². The zero-order chi connectivity index (χ0) is 13.0. The van der Waals surface area contributed by atoms with Gasteiger partial charge in [-0.3, -0.25) is 0 Å². The molecule has 1 aromatic carbocycles. The van der Waals surface area contributed by atoms with Crippen molar-refractivity contribution in [2.24, 2.45) is 0 Å². The molecule has 2 rings (SSSR count). The quantitative estimate of drug-likeness (QED) is 0.844. The number of benzene rings is 1. The summed E-state index contributed by atoms with van der Waals surface area (Å²) in [5.41, 5.74) is 1.29. The summed E-state index contributed by atoms with van der Waals surface area (Å²) in [6, 6.07) is 6.43. The summed E-state index contributed by atoms with van der Waals surface area (Å²) in [5, 5.41) is 7.95. The molecule has 0 aliphatic heterocycles. The summed E-state index contributed by atoms with van der Waals surface area (Å²) in [7, 11) is 0. The minimum absolute atomic E-state index is 0.376. The van der Waals surface area contributed by atoms with Crippen molar-refractivity contribution in [2.45, 2.75) is 19.9 Å². The van der Waals surface area contributed by atoms with Gasteiger partial charge in [0.05, 0.1) is 5.69 Å². The zero-order valence-electron chi connectivity index (χ0n) is 10.2. The molecule has 1 aromatic heterocycles. The van der Waals surface area contributed by atoms with Crippen LogP contribution in [-0.4, -0.2) is 16.3 Å². The highest BCUT2D eigenvalue weighted by Crippen LogP contribution is 2.17. The number of nitrogens with zero attached hydrogens (tertiary/aromatic N) is 2. The minimum atomic E-state index is -0.376. The Hall–Kier alpha value is -1.39. The Morgan fingerprint density at radius 2 is 2.22 bits per heavy atom. The summed E-state index contributed by atoms with van der Waals surface area (Å²) in [4.78, 5) is 0. The number of nitrogens with one attached hydrogen (secondary N) is 1. The molecule has 18 heavy (non-hydrogen) atoms. The van der Waals surface area contributed by atoms with Gasteiger partial charge >= 0.3 is 0 Å². The van der Waals surface area contributed by atoms with Gasteiger partial charge in [-0.05, 0) is 37.2 Å². The zero-order valence-corrected chi connectivity index (χ0v) is 10.9. The lowest BCUT2D eigenvalue weighted by Gasteiger charge is -2.03. The number of aromatic nitrogens is 2. The third-order valence-electron chi connectivity index (χ3n) is 2.53. The molecule has 0 unspecified atom stereocenters. The van der Waals surface area contributed by atoms with E-state index in [-0.39, 0.29) is 5.82 Å². The maximum Gasteiger partial charge on any atom is 0.150 e. The number of halogens is 2. The number of rotatable bonds is 5. The summed E-state index contributed by atoms with van der Waals surface area (Å²) in [6.45, 7) is 3.74. The second kappa shape index (κ2) is 5.98. The van der Waals surface area contributed by atoms with E-state index in [0.29, 0.717) is 17.3 Å². The van der Waals surface area contributed by atoms with Gasteiger partial charge in [0, 0.05) is 17.8 Å². The monoisotopic (exact) mass is 267 g/mol. The molecular formula is C13H15ClFN3. The second-order valence-electron chi connectivity index (χ2n) is 4.02. The van der Waals surface area contributed by atoms with E-state index in [1.54, 1.807) is 18.3 Å². The van der Waals surface area contributed by atoms with Crippen LogP contribution in [0.5, 0.6) is 0 Å². The van der Waals surface area contributed by atoms with Crippen molar-refractivity contribution in [2.75, 3.05) is 6.54 Å². The van der Waals surface area contributed by atoms with Crippen molar-refractivity contribution >= 4 is 11.6 Å². The summed E-state index contributed by atoms with van der Waals surface area (Å²) < 4.78 is 15.2. The van der Waals surface area contributed by atoms with Gasteiger partial charge in [0.1, 0.15) is 11.5 Å². The lowest BCUT2D eigenvalue weighted by molar-refractivity contribution is 0.606. The fourth-order valence-electron chi connectivity index (χ4n) is 1.65. The Labute approximate surface area is 111 Å². The van der Waals surface area contributed by atoms with E-state index in [1.807, 2.05) is 6.07 Å². The van der Waals surface area contributed by atoms with Gasteiger partial charge in [0.2, 0.25) is 0 Å². The highest BCUT2D eigenvalue weighted by Gasteiger charge is 2.06. The van der Waals surface area contributed by atoms with Crippen LogP contribution in [0, 0.1) is 5.82 Å². The summed E-state index contributed by atoms with van der Waals surface area (Å²) >= 11 is 5.71. The molecule has 5 heteroatoms. The van der Waals surface area contributed by atoms with E-state index < -0.39 is 0 Å². The lowest BCUT2D eigenvalue weighted by Crippen LogP contribution is -2.14. The van der Waals surface area contributed by atoms with Crippen LogP contribution in [0.15, 0.2) is 30.5 Å². The van der Waals surface area contributed by atoms with Gasteiger partial charge in [-0.25, -0.2) is 9.07 Å². The topological polar surface area (TPSA) is 29.9 Å². The molecule has 0 aliphatic rings. The first-order chi connectivity index (χ1) is 8.70. The lowest BCUT2D eigenvalue weighted by atomic mass is 10.3. The first-order valence-electron chi connectivity index (χ1n) is 5.91. The molecule has 0 atom stereocenters. The predicted octanol–water partition coefficient (Wildman–Crippen LogP) is 3.16.